The summed E-state index contributed by atoms with van der Waals surface area (Å²) in [7, 11) is 0. The Bertz CT molecular complexity index is 1020. The molecule has 3 aromatic rings. The first-order valence-electron chi connectivity index (χ1n) is 7.46. The summed E-state index contributed by atoms with van der Waals surface area (Å²) < 4.78 is 6.78. The molecule has 0 saturated heterocycles. The Morgan fingerprint density at radius 3 is 2.56 bits per heavy atom. The van der Waals surface area contributed by atoms with E-state index in [1.54, 1.807) is 43.3 Å². The van der Waals surface area contributed by atoms with Gasteiger partial charge in [-0.3, -0.25) is 9.59 Å². The number of aromatic nitrogens is 2. The number of esters is 1. The number of halogens is 1. The molecule has 2 aromatic heterocycles. The third-order valence-corrected chi connectivity index (χ3v) is 4.82. The van der Waals surface area contributed by atoms with Crippen LogP contribution in [0.3, 0.4) is 0 Å². The van der Waals surface area contributed by atoms with Crippen molar-refractivity contribution in [3.05, 3.63) is 61.7 Å². The lowest BCUT2D eigenvalue weighted by Gasteiger charge is -2.09. The van der Waals surface area contributed by atoms with E-state index in [1.165, 1.54) is 4.68 Å². The number of aryl methyl sites for hydroxylation is 1. The van der Waals surface area contributed by atoms with Crippen LogP contribution >= 0.6 is 22.9 Å². The molecule has 1 aromatic carbocycles. The number of thiophene rings is 1. The minimum atomic E-state index is -0.755. The molecular weight excluding hydrogens is 364 g/mol. The van der Waals surface area contributed by atoms with Crippen LogP contribution in [0.1, 0.15) is 27.1 Å². The molecule has 0 aliphatic heterocycles. The van der Waals surface area contributed by atoms with Crippen molar-refractivity contribution in [1.29, 1.82) is 0 Å². The Labute approximate surface area is 151 Å². The molecule has 0 amide bonds. The maximum absolute atomic E-state index is 12.4. The predicted octanol–water partition coefficient (Wildman–Crippen LogP) is 3.17. The molecule has 0 aliphatic rings. The average Bonchev–Trinajstić information content (AvgIpc) is 3.06. The molecule has 128 valence electrons. The van der Waals surface area contributed by atoms with E-state index in [0.717, 1.165) is 11.3 Å². The summed E-state index contributed by atoms with van der Waals surface area (Å²) in [5.41, 5.74) is -0.270. The maximum atomic E-state index is 12.4. The van der Waals surface area contributed by atoms with Crippen molar-refractivity contribution >= 4 is 45.5 Å². The number of hydrogen-bond donors (Lipinski definition) is 0. The van der Waals surface area contributed by atoms with Crippen LogP contribution in [0, 0.1) is 0 Å². The first-order valence-corrected chi connectivity index (χ1v) is 8.66. The van der Waals surface area contributed by atoms with Crippen LogP contribution in [-0.4, -0.2) is 28.1 Å². The summed E-state index contributed by atoms with van der Waals surface area (Å²) in [5.74, 6) is -1.10. The summed E-state index contributed by atoms with van der Waals surface area (Å²) >= 11 is 6.91. The van der Waals surface area contributed by atoms with Crippen molar-refractivity contribution in [3.63, 3.8) is 0 Å². The molecule has 8 heteroatoms. The van der Waals surface area contributed by atoms with Gasteiger partial charge in [-0.05, 0) is 25.1 Å². The Kier molecular flexibility index (Phi) is 4.96. The number of Topliss-reactive ketones (excluding diaryl/α,β-unsaturated/α-hetero) is 1. The zero-order valence-electron chi connectivity index (χ0n) is 13.2. The van der Waals surface area contributed by atoms with Gasteiger partial charge in [-0.15, -0.1) is 11.3 Å². The zero-order valence-corrected chi connectivity index (χ0v) is 14.8. The number of rotatable bonds is 5. The van der Waals surface area contributed by atoms with Gasteiger partial charge in [-0.2, -0.15) is 5.10 Å². The fraction of sp³-hybridized carbons (Fsp3) is 0.176. The van der Waals surface area contributed by atoms with Gasteiger partial charge in [0.1, 0.15) is 0 Å². The third-order valence-electron chi connectivity index (χ3n) is 3.54. The van der Waals surface area contributed by atoms with Gasteiger partial charge < -0.3 is 4.74 Å². The lowest BCUT2D eigenvalue weighted by molar-refractivity contribution is 0.0469. The molecule has 0 unspecified atom stereocenters. The molecule has 0 bridgehead atoms. The largest absolute Gasteiger partial charge is 0.452 e. The van der Waals surface area contributed by atoms with E-state index in [9.17, 15) is 14.4 Å². The highest BCUT2D eigenvalue weighted by Crippen LogP contribution is 2.22. The van der Waals surface area contributed by atoms with Crippen molar-refractivity contribution in [3.8, 4) is 0 Å². The van der Waals surface area contributed by atoms with Crippen molar-refractivity contribution < 1.29 is 14.3 Å². The first kappa shape index (κ1) is 17.3. The standard InChI is InChI=1S/C17H13ClN2O4S/c1-2-20-16(22)11-6-4-3-5-10(11)15(19-20)17(23)24-9-12(21)13-7-8-14(18)25-13/h3-8H,2,9H2,1H3. The molecule has 0 spiro atoms. The number of hydrogen-bond acceptors (Lipinski definition) is 6. The molecule has 3 rings (SSSR count). The van der Waals surface area contributed by atoms with E-state index in [0.29, 0.717) is 26.5 Å². The SMILES string of the molecule is CCn1nc(C(=O)OCC(=O)c2ccc(Cl)s2)c2ccccc2c1=O. The summed E-state index contributed by atoms with van der Waals surface area (Å²) in [5, 5.41) is 4.85. The van der Waals surface area contributed by atoms with Crippen LogP contribution in [0.15, 0.2) is 41.2 Å². The topological polar surface area (TPSA) is 78.3 Å². The number of carbonyl (C=O) groups is 2. The number of fused-ring (bicyclic) bond motifs is 1. The summed E-state index contributed by atoms with van der Waals surface area (Å²) in [6.45, 7) is 1.65. The van der Waals surface area contributed by atoms with Crippen LogP contribution < -0.4 is 5.56 Å². The second-order valence-electron chi connectivity index (χ2n) is 5.12. The van der Waals surface area contributed by atoms with Crippen molar-refractivity contribution in [2.24, 2.45) is 0 Å². The number of ether oxygens (including phenoxy) is 1. The molecule has 6 nitrogen and oxygen atoms in total. The minimum Gasteiger partial charge on any atom is -0.452 e. The van der Waals surface area contributed by atoms with Gasteiger partial charge in [0, 0.05) is 11.9 Å². The minimum absolute atomic E-state index is 0.00839. The number of benzene rings is 1. The Morgan fingerprint density at radius 1 is 1.20 bits per heavy atom. The Hall–Kier alpha value is -2.51. The normalized spacial score (nSPS) is 10.8. The highest BCUT2D eigenvalue weighted by atomic mass is 35.5. The highest BCUT2D eigenvalue weighted by Gasteiger charge is 2.19. The van der Waals surface area contributed by atoms with E-state index in [1.807, 2.05) is 0 Å². The molecule has 25 heavy (non-hydrogen) atoms. The molecule has 2 heterocycles. The van der Waals surface area contributed by atoms with Crippen LogP contribution in [-0.2, 0) is 11.3 Å². The molecule has 0 N–H and O–H groups in total. The van der Waals surface area contributed by atoms with Crippen LogP contribution in [0.25, 0.3) is 10.8 Å². The second-order valence-corrected chi connectivity index (χ2v) is 6.83. The second kappa shape index (κ2) is 7.16. The van der Waals surface area contributed by atoms with E-state index < -0.39 is 12.6 Å². The first-order chi connectivity index (χ1) is 12.0. The van der Waals surface area contributed by atoms with Gasteiger partial charge in [0.25, 0.3) is 5.56 Å². The van der Waals surface area contributed by atoms with Crippen molar-refractivity contribution in [2.45, 2.75) is 13.5 Å². The number of ketones is 1. The summed E-state index contributed by atoms with van der Waals surface area (Å²) in [4.78, 5) is 37.1. The molecule has 0 aliphatic carbocycles. The van der Waals surface area contributed by atoms with Gasteiger partial charge in [0.2, 0.25) is 5.78 Å². The molecule has 0 saturated carbocycles. The van der Waals surface area contributed by atoms with E-state index in [4.69, 9.17) is 16.3 Å². The smallest absolute Gasteiger partial charge is 0.359 e. The van der Waals surface area contributed by atoms with Crippen molar-refractivity contribution in [1.82, 2.24) is 9.78 Å². The van der Waals surface area contributed by atoms with E-state index in [2.05, 4.69) is 5.10 Å². The Balaban J connectivity index is 1.88. The predicted molar refractivity (Wildman–Crippen MR) is 95.6 cm³/mol. The summed E-state index contributed by atoms with van der Waals surface area (Å²) in [6.07, 6.45) is 0. The molecule has 0 atom stereocenters. The fourth-order valence-electron chi connectivity index (χ4n) is 2.33. The van der Waals surface area contributed by atoms with Crippen LogP contribution in [0.4, 0.5) is 0 Å². The fourth-order valence-corrected chi connectivity index (χ4v) is 3.30. The Morgan fingerprint density at radius 2 is 1.92 bits per heavy atom. The lowest BCUT2D eigenvalue weighted by atomic mass is 10.1. The van der Waals surface area contributed by atoms with Crippen LogP contribution in [0.5, 0.6) is 0 Å². The highest BCUT2D eigenvalue weighted by molar-refractivity contribution is 7.18. The van der Waals surface area contributed by atoms with E-state index in [-0.39, 0.29) is 17.0 Å². The lowest BCUT2D eigenvalue weighted by Crippen LogP contribution is -2.26. The molecule has 0 fully saturated rings. The zero-order chi connectivity index (χ0) is 18.0. The van der Waals surface area contributed by atoms with Gasteiger partial charge in [-0.1, -0.05) is 29.8 Å². The quantitative estimate of drug-likeness (QED) is 0.505. The van der Waals surface area contributed by atoms with Crippen LogP contribution in [0.2, 0.25) is 4.34 Å². The molecular formula is C17H13ClN2O4S. The number of nitrogens with zero attached hydrogens (tertiary/aromatic N) is 2. The molecule has 0 radical (unpaired) electrons. The van der Waals surface area contributed by atoms with Gasteiger partial charge >= 0.3 is 5.97 Å². The third kappa shape index (κ3) is 3.47. The van der Waals surface area contributed by atoms with Gasteiger partial charge in [-0.25, -0.2) is 9.48 Å². The monoisotopic (exact) mass is 376 g/mol. The van der Waals surface area contributed by atoms with Gasteiger partial charge in [0.15, 0.2) is 12.3 Å². The van der Waals surface area contributed by atoms with E-state index >= 15 is 0 Å². The maximum Gasteiger partial charge on any atom is 0.359 e. The average molecular weight is 377 g/mol. The van der Waals surface area contributed by atoms with Gasteiger partial charge in [0.05, 0.1) is 14.6 Å². The summed E-state index contributed by atoms with van der Waals surface area (Å²) in [6, 6.07) is 9.85. The van der Waals surface area contributed by atoms with Crippen molar-refractivity contribution in [2.75, 3.05) is 6.61 Å². The number of carbonyl (C=O) groups excluding carboxylic acids is 2.